The average molecular weight is 232 g/mol. The molecule has 1 aromatic carbocycles. The van der Waals surface area contributed by atoms with E-state index < -0.39 is 0 Å². The van der Waals surface area contributed by atoms with Crippen molar-refractivity contribution < 1.29 is 9.53 Å². The van der Waals surface area contributed by atoms with Crippen molar-refractivity contribution in [3.63, 3.8) is 0 Å². The molecule has 1 saturated carbocycles. The lowest BCUT2D eigenvalue weighted by Crippen LogP contribution is -2.18. The van der Waals surface area contributed by atoms with Gasteiger partial charge in [0.2, 0.25) is 5.91 Å². The molecule has 1 fully saturated rings. The standard InChI is InChI=1S/C13H16N2O2/c1-2-17-12-7-3-10(4-8-12)9-14-15-13(16)11-5-6-11/h3-4,7-9,11H,2,5-6H2,1H3,(H,15,16). The van der Waals surface area contributed by atoms with E-state index in [1.165, 1.54) is 0 Å². The van der Waals surface area contributed by atoms with Crippen molar-refractivity contribution >= 4 is 12.1 Å². The fourth-order valence-electron chi connectivity index (χ4n) is 1.42. The monoisotopic (exact) mass is 232 g/mol. The van der Waals surface area contributed by atoms with Crippen molar-refractivity contribution in [2.75, 3.05) is 6.61 Å². The van der Waals surface area contributed by atoms with E-state index >= 15 is 0 Å². The lowest BCUT2D eigenvalue weighted by atomic mass is 10.2. The third-order valence-electron chi connectivity index (χ3n) is 2.53. The van der Waals surface area contributed by atoms with Crippen LogP contribution in [0.1, 0.15) is 25.3 Å². The van der Waals surface area contributed by atoms with E-state index in [0.29, 0.717) is 6.61 Å². The maximum Gasteiger partial charge on any atom is 0.243 e. The van der Waals surface area contributed by atoms with Crippen molar-refractivity contribution in [3.05, 3.63) is 29.8 Å². The minimum absolute atomic E-state index is 0.0205. The molecule has 1 aliphatic rings. The Labute approximate surface area is 101 Å². The second-order valence-electron chi connectivity index (χ2n) is 4.01. The second kappa shape index (κ2) is 5.48. The first-order chi connectivity index (χ1) is 8.29. The number of nitrogens with one attached hydrogen (secondary N) is 1. The zero-order valence-corrected chi connectivity index (χ0v) is 9.85. The van der Waals surface area contributed by atoms with Crippen LogP contribution in [0.3, 0.4) is 0 Å². The van der Waals surface area contributed by atoms with E-state index in [4.69, 9.17) is 4.74 Å². The van der Waals surface area contributed by atoms with Gasteiger partial charge in [0.25, 0.3) is 0 Å². The number of hydrogen-bond acceptors (Lipinski definition) is 3. The zero-order valence-electron chi connectivity index (χ0n) is 9.85. The molecule has 0 unspecified atom stereocenters. The van der Waals surface area contributed by atoms with Crippen LogP contribution in [0.2, 0.25) is 0 Å². The Morgan fingerprint density at radius 1 is 1.47 bits per heavy atom. The minimum Gasteiger partial charge on any atom is -0.494 e. The predicted octanol–water partition coefficient (Wildman–Crippen LogP) is 1.95. The number of ether oxygens (including phenoxy) is 1. The van der Waals surface area contributed by atoms with Crippen LogP contribution in [0.5, 0.6) is 5.75 Å². The summed E-state index contributed by atoms with van der Waals surface area (Å²) in [5.41, 5.74) is 3.47. The molecule has 0 spiro atoms. The van der Waals surface area contributed by atoms with Crippen molar-refractivity contribution in [2.45, 2.75) is 19.8 Å². The number of rotatable bonds is 5. The summed E-state index contributed by atoms with van der Waals surface area (Å²) in [6.45, 7) is 2.60. The molecule has 4 heteroatoms. The van der Waals surface area contributed by atoms with Gasteiger partial charge in [0, 0.05) is 5.92 Å². The maximum absolute atomic E-state index is 11.3. The topological polar surface area (TPSA) is 50.7 Å². The third kappa shape index (κ3) is 3.59. The van der Waals surface area contributed by atoms with Crippen LogP contribution < -0.4 is 10.2 Å². The van der Waals surface area contributed by atoms with E-state index in [-0.39, 0.29) is 11.8 Å². The molecule has 0 aliphatic heterocycles. The fourth-order valence-corrected chi connectivity index (χ4v) is 1.42. The molecule has 90 valence electrons. The maximum atomic E-state index is 11.3. The predicted molar refractivity (Wildman–Crippen MR) is 66.1 cm³/mol. The molecule has 2 rings (SSSR count). The van der Waals surface area contributed by atoms with Crippen LogP contribution in [-0.2, 0) is 4.79 Å². The van der Waals surface area contributed by atoms with Crippen molar-refractivity contribution in [2.24, 2.45) is 11.0 Å². The molecular formula is C13H16N2O2. The van der Waals surface area contributed by atoms with E-state index in [1.807, 2.05) is 31.2 Å². The molecule has 17 heavy (non-hydrogen) atoms. The summed E-state index contributed by atoms with van der Waals surface area (Å²) < 4.78 is 5.33. The molecule has 1 aliphatic carbocycles. The summed E-state index contributed by atoms with van der Waals surface area (Å²) in [6.07, 6.45) is 3.62. The molecule has 0 bridgehead atoms. The molecule has 1 aromatic rings. The largest absolute Gasteiger partial charge is 0.494 e. The normalized spacial score (nSPS) is 14.9. The summed E-state index contributed by atoms with van der Waals surface area (Å²) in [6, 6.07) is 7.57. The highest BCUT2D eigenvalue weighted by molar-refractivity contribution is 5.84. The number of carbonyl (C=O) groups excluding carboxylic acids is 1. The van der Waals surface area contributed by atoms with Gasteiger partial charge in [-0.05, 0) is 49.6 Å². The number of benzene rings is 1. The van der Waals surface area contributed by atoms with Crippen LogP contribution in [0.4, 0.5) is 0 Å². The van der Waals surface area contributed by atoms with Crippen molar-refractivity contribution in [1.29, 1.82) is 0 Å². The van der Waals surface area contributed by atoms with Crippen LogP contribution >= 0.6 is 0 Å². The first-order valence-electron chi connectivity index (χ1n) is 5.85. The van der Waals surface area contributed by atoms with E-state index in [1.54, 1.807) is 6.21 Å². The molecule has 0 radical (unpaired) electrons. The van der Waals surface area contributed by atoms with Gasteiger partial charge >= 0.3 is 0 Å². The number of amides is 1. The highest BCUT2D eigenvalue weighted by atomic mass is 16.5. The summed E-state index contributed by atoms with van der Waals surface area (Å²) in [4.78, 5) is 11.3. The van der Waals surface area contributed by atoms with Crippen LogP contribution in [-0.4, -0.2) is 18.7 Å². The Balaban J connectivity index is 1.84. The number of carbonyl (C=O) groups is 1. The molecule has 0 heterocycles. The summed E-state index contributed by atoms with van der Waals surface area (Å²) >= 11 is 0. The van der Waals surface area contributed by atoms with Gasteiger partial charge in [-0.2, -0.15) is 5.10 Å². The van der Waals surface area contributed by atoms with Gasteiger partial charge in [0.05, 0.1) is 12.8 Å². The smallest absolute Gasteiger partial charge is 0.243 e. The van der Waals surface area contributed by atoms with Crippen LogP contribution in [0.15, 0.2) is 29.4 Å². The fraction of sp³-hybridized carbons (Fsp3) is 0.385. The Morgan fingerprint density at radius 2 is 2.18 bits per heavy atom. The first kappa shape index (κ1) is 11.6. The zero-order chi connectivity index (χ0) is 12.1. The quantitative estimate of drug-likeness (QED) is 0.623. The summed E-state index contributed by atoms with van der Waals surface area (Å²) in [5.74, 6) is 1.05. The molecule has 1 amide bonds. The highest BCUT2D eigenvalue weighted by Crippen LogP contribution is 2.28. The Hall–Kier alpha value is -1.84. The highest BCUT2D eigenvalue weighted by Gasteiger charge is 2.29. The molecule has 0 atom stereocenters. The van der Waals surface area contributed by atoms with E-state index in [9.17, 15) is 4.79 Å². The average Bonchev–Trinajstić information content (AvgIpc) is 3.15. The third-order valence-corrected chi connectivity index (χ3v) is 2.53. The summed E-state index contributed by atoms with van der Waals surface area (Å²) in [5, 5.41) is 3.91. The van der Waals surface area contributed by atoms with Gasteiger partial charge in [-0.15, -0.1) is 0 Å². The van der Waals surface area contributed by atoms with Gasteiger partial charge in [0.15, 0.2) is 0 Å². The molecule has 0 aromatic heterocycles. The van der Waals surface area contributed by atoms with E-state index in [0.717, 1.165) is 24.2 Å². The Morgan fingerprint density at radius 3 is 2.76 bits per heavy atom. The molecular weight excluding hydrogens is 216 g/mol. The van der Waals surface area contributed by atoms with Crippen LogP contribution in [0.25, 0.3) is 0 Å². The van der Waals surface area contributed by atoms with Crippen molar-refractivity contribution in [1.82, 2.24) is 5.43 Å². The van der Waals surface area contributed by atoms with Crippen LogP contribution in [0, 0.1) is 5.92 Å². The molecule has 4 nitrogen and oxygen atoms in total. The van der Waals surface area contributed by atoms with Gasteiger partial charge in [-0.3, -0.25) is 4.79 Å². The minimum atomic E-state index is 0.0205. The Bertz CT molecular complexity index is 408. The number of hydrogen-bond donors (Lipinski definition) is 1. The first-order valence-corrected chi connectivity index (χ1v) is 5.85. The Kier molecular flexibility index (Phi) is 3.75. The van der Waals surface area contributed by atoms with Gasteiger partial charge in [0.1, 0.15) is 5.75 Å². The van der Waals surface area contributed by atoms with Gasteiger partial charge < -0.3 is 4.74 Å². The second-order valence-corrected chi connectivity index (χ2v) is 4.01. The summed E-state index contributed by atoms with van der Waals surface area (Å²) in [7, 11) is 0. The van der Waals surface area contributed by atoms with Crippen molar-refractivity contribution in [3.8, 4) is 5.75 Å². The lowest BCUT2D eigenvalue weighted by Gasteiger charge is -2.02. The van der Waals surface area contributed by atoms with Gasteiger partial charge in [-0.1, -0.05) is 0 Å². The van der Waals surface area contributed by atoms with Gasteiger partial charge in [-0.25, -0.2) is 5.43 Å². The molecule has 0 saturated heterocycles. The molecule has 1 N–H and O–H groups in total. The lowest BCUT2D eigenvalue weighted by molar-refractivity contribution is -0.122. The van der Waals surface area contributed by atoms with E-state index in [2.05, 4.69) is 10.5 Å². The number of hydrazone groups is 1. The SMILES string of the molecule is CCOc1ccc(C=NNC(=O)C2CC2)cc1. The number of nitrogens with zero attached hydrogens (tertiary/aromatic N) is 1.